The normalized spacial score (nSPS) is 13.5. The number of anilines is 1. The van der Waals surface area contributed by atoms with E-state index in [2.05, 4.69) is 11.6 Å². The predicted molar refractivity (Wildman–Crippen MR) is 136 cm³/mol. The molecule has 1 aromatic heterocycles. The van der Waals surface area contributed by atoms with Crippen LogP contribution in [-0.2, 0) is 26.2 Å². The van der Waals surface area contributed by atoms with Crippen LogP contribution < -0.4 is 4.47 Å². The number of oxazole rings is 1. The van der Waals surface area contributed by atoms with E-state index in [4.69, 9.17) is 14.0 Å². The molecule has 1 amide bonds. The van der Waals surface area contributed by atoms with Crippen molar-refractivity contribution in [2.45, 2.75) is 17.9 Å². The molecule has 12 nitrogen and oxygen atoms in total. The molecule has 1 aliphatic rings. The van der Waals surface area contributed by atoms with Crippen molar-refractivity contribution >= 4 is 33.1 Å². The fourth-order valence-corrected chi connectivity index (χ4v) is 5.18. The lowest BCUT2D eigenvalue weighted by molar-refractivity contribution is -0.387. The Morgan fingerprint density at radius 1 is 1.26 bits per heavy atom. The van der Waals surface area contributed by atoms with Crippen LogP contribution >= 0.6 is 0 Å². The van der Waals surface area contributed by atoms with E-state index < -0.39 is 31.6 Å². The molecule has 0 fully saturated rings. The van der Waals surface area contributed by atoms with E-state index in [1.165, 1.54) is 47.7 Å². The van der Waals surface area contributed by atoms with Crippen LogP contribution in [-0.4, -0.2) is 49.0 Å². The fourth-order valence-electron chi connectivity index (χ4n) is 3.75. The van der Waals surface area contributed by atoms with Crippen molar-refractivity contribution in [2.75, 3.05) is 24.2 Å². The average molecular weight is 541 g/mol. The second-order valence-corrected chi connectivity index (χ2v) is 9.76. The zero-order valence-corrected chi connectivity index (χ0v) is 21.0. The zero-order chi connectivity index (χ0) is 27.1. The van der Waals surface area contributed by atoms with Gasteiger partial charge in [-0.2, -0.15) is 8.42 Å². The molecule has 0 unspecified atom stereocenters. The molecule has 1 aliphatic heterocycles. The lowest BCUT2D eigenvalue weighted by Crippen LogP contribution is -2.35. The van der Waals surface area contributed by atoms with Crippen LogP contribution in [0.25, 0.3) is 5.57 Å². The van der Waals surface area contributed by atoms with Crippen LogP contribution in [0.1, 0.15) is 17.9 Å². The maximum absolute atomic E-state index is 13.4. The highest BCUT2D eigenvalue weighted by Crippen LogP contribution is 2.31. The summed E-state index contributed by atoms with van der Waals surface area (Å²) in [5.74, 6) is 0.440. The summed E-state index contributed by atoms with van der Waals surface area (Å²) in [6.07, 6.45) is 6.33. The Hall–Kier alpha value is -4.49. The van der Waals surface area contributed by atoms with Crippen molar-refractivity contribution in [3.63, 3.8) is 0 Å². The molecule has 198 valence electrons. The van der Waals surface area contributed by atoms with E-state index in [0.29, 0.717) is 28.9 Å². The standard InChI is InChI=1S/C25H24N4O8S/c1-2-14-37-29(38(33,34)23-11-4-3-10-22(23)28(31)32)21-9-5-7-19(16-21)18-36-25(30)27-13-6-8-20(17-27)24-26-12-15-35-24/h2-5,7-12,15-16H,1,6,13-14,17-18H2. The van der Waals surface area contributed by atoms with Crippen LogP contribution in [0.15, 0.2) is 89.0 Å². The van der Waals surface area contributed by atoms with E-state index in [-0.39, 0.29) is 25.4 Å². The van der Waals surface area contributed by atoms with Crippen molar-refractivity contribution in [1.82, 2.24) is 9.88 Å². The van der Waals surface area contributed by atoms with Gasteiger partial charge < -0.3 is 14.1 Å². The highest BCUT2D eigenvalue weighted by atomic mass is 32.2. The first-order chi connectivity index (χ1) is 18.3. The number of nitrogens with zero attached hydrogens (tertiary/aromatic N) is 4. The number of carbonyl (C=O) groups excluding carboxylic acids is 1. The van der Waals surface area contributed by atoms with Crippen molar-refractivity contribution in [3.8, 4) is 0 Å². The molecule has 3 aromatic rings. The maximum Gasteiger partial charge on any atom is 0.410 e. The number of nitro groups is 1. The highest BCUT2D eigenvalue weighted by Gasteiger charge is 2.33. The molecule has 4 rings (SSSR count). The van der Waals surface area contributed by atoms with Gasteiger partial charge in [0.2, 0.25) is 5.89 Å². The molecule has 0 saturated heterocycles. The van der Waals surface area contributed by atoms with Crippen LogP contribution in [0.2, 0.25) is 0 Å². The Labute approximate surface area is 218 Å². The first kappa shape index (κ1) is 26.6. The summed E-state index contributed by atoms with van der Waals surface area (Å²) in [5, 5.41) is 11.5. The SMILES string of the molecule is C=CCON(c1cccc(COC(=O)N2CCC=C(c3ncco3)C2)c1)S(=O)(=O)c1ccccc1[N+](=O)[O-]. The second kappa shape index (κ2) is 11.7. The molecule has 2 heterocycles. The van der Waals surface area contributed by atoms with E-state index in [9.17, 15) is 23.3 Å². The Bertz CT molecular complexity index is 1450. The third kappa shape index (κ3) is 5.90. The van der Waals surface area contributed by atoms with Crippen LogP contribution in [0.3, 0.4) is 0 Å². The summed E-state index contributed by atoms with van der Waals surface area (Å²) in [6, 6.07) is 11.1. The largest absolute Gasteiger partial charge is 0.445 e. The topological polar surface area (TPSA) is 145 Å². The third-order valence-electron chi connectivity index (χ3n) is 5.47. The molecule has 0 radical (unpaired) electrons. The van der Waals surface area contributed by atoms with Gasteiger partial charge in [0, 0.05) is 18.2 Å². The van der Waals surface area contributed by atoms with Gasteiger partial charge in [-0.3, -0.25) is 15.0 Å². The van der Waals surface area contributed by atoms with E-state index in [1.807, 2.05) is 6.08 Å². The minimum absolute atomic E-state index is 0.0608. The number of hydrogen-bond acceptors (Lipinski definition) is 9. The number of para-hydroxylation sites is 1. The van der Waals surface area contributed by atoms with Gasteiger partial charge in [0.05, 0.1) is 30.0 Å². The molecule has 0 spiro atoms. The molecule has 0 bridgehead atoms. The average Bonchev–Trinajstić information content (AvgIpc) is 3.47. The van der Waals surface area contributed by atoms with Gasteiger partial charge in [0.15, 0.2) is 4.90 Å². The number of amides is 1. The number of ether oxygens (including phenoxy) is 1. The number of aromatic nitrogens is 1. The Morgan fingerprint density at radius 2 is 2.08 bits per heavy atom. The monoisotopic (exact) mass is 540 g/mol. The van der Waals surface area contributed by atoms with Crippen LogP contribution in [0.4, 0.5) is 16.2 Å². The van der Waals surface area contributed by atoms with Gasteiger partial charge in [-0.15, -0.1) is 11.0 Å². The molecule has 0 atom stereocenters. The number of sulfonamides is 1. The highest BCUT2D eigenvalue weighted by molar-refractivity contribution is 7.92. The molecular formula is C25H24N4O8S. The maximum atomic E-state index is 13.4. The minimum atomic E-state index is -4.51. The molecule has 38 heavy (non-hydrogen) atoms. The number of rotatable bonds is 10. The van der Waals surface area contributed by atoms with Crippen molar-refractivity contribution in [3.05, 3.63) is 101 Å². The Morgan fingerprint density at radius 3 is 2.82 bits per heavy atom. The Kier molecular flexibility index (Phi) is 8.19. The van der Waals surface area contributed by atoms with Crippen LogP contribution in [0.5, 0.6) is 0 Å². The summed E-state index contributed by atoms with van der Waals surface area (Å²) in [6.45, 7) is 3.92. The molecule has 0 N–H and O–H groups in total. The molecular weight excluding hydrogens is 516 g/mol. The number of carbonyl (C=O) groups is 1. The van der Waals surface area contributed by atoms with E-state index in [0.717, 1.165) is 17.7 Å². The smallest absolute Gasteiger partial charge is 0.410 e. The fraction of sp³-hybridized carbons (Fsp3) is 0.200. The summed E-state index contributed by atoms with van der Waals surface area (Å²) in [5.41, 5.74) is 0.715. The first-order valence-corrected chi connectivity index (χ1v) is 12.9. The number of hydrogen-bond donors (Lipinski definition) is 0. The summed E-state index contributed by atoms with van der Waals surface area (Å²) >= 11 is 0. The predicted octanol–water partition coefficient (Wildman–Crippen LogP) is 4.32. The van der Waals surface area contributed by atoms with Gasteiger partial charge >= 0.3 is 6.09 Å². The molecule has 2 aromatic carbocycles. The van der Waals surface area contributed by atoms with Gasteiger partial charge in [0.25, 0.3) is 15.7 Å². The number of benzene rings is 2. The summed E-state index contributed by atoms with van der Waals surface area (Å²) in [7, 11) is -4.51. The third-order valence-corrected chi connectivity index (χ3v) is 7.12. The Balaban J connectivity index is 1.51. The zero-order valence-electron chi connectivity index (χ0n) is 20.1. The van der Waals surface area contributed by atoms with Crippen molar-refractivity contribution in [2.24, 2.45) is 0 Å². The van der Waals surface area contributed by atoms with E-state index in [1.54, 1.807) is 12.1 Å². The van der Waals surface area contributed by atoms with E-state index >= 15 is 0 Å². The summed E-state index contributed by atoms with van der Waals surface area (Å²) in [4.78, 5) is 33.9. The molecule has 0 aliphatic carbocycles. The van der Waals surface area contributed by atoms with Gasteiger partial charge in [0.1, 0.15) is 12.9 Å². The first-order valence-electron chi connectivity index (χ1n) is 11.4. The van der Waals surface area contributed by atoms with Gasteiger partial charge in [-0.25, -0.2) is 9.78 Å². The van der Waals surface area contributed by atoms with Crippen molar-refractivity contribution < 1.29 is 32.1 Å². The number of nitro benzene ring substituents is 1. The quantitative estimate of drug-likeness (QED) is 0.208. The van der Waals surface area contributed by atoms with Gasteiger partial charge in [-0.1, -0.05) is 36.4 Å². The molecule has 0 saturated carbocycles. The summed E-state index contributed by atoms with van der Waals surface area (Å²) < 4.78 is 38.2. The second-order valence-electron chi connectivity index (χ2n) is 8.04. The van der Waals surface area contributed by atoms with Crippen LogP contribution in [0, 0.1) is 10.1 Å². The van der Waals surface area contributed by atoms with Crippen molar-refractivity contribution in [1.29, 1.82) is 0 Å². The van der Waals surface area contributed by atoms with Gasteiger partial charge in [-0.05, 0) is 30.2 Å². The lowest BCUT2D eigenvalue weighted by atomic mass is 10.1. The minimum Gasteiger partial charge on any atom is -0.445 e. The lowest BCUT2D eigenvalue weighted by Gasteiger charge is -2.26. The molecule has 13 heteroatoms.